The molecular weight excluding hydrogens is 286 g/mol. The summed E-state index contributed by atoms with van der Waals surface area (Å²) in [6, 6.07) is 18.0. The Morgan fingerprint density at radius 2 is 1.57 bits per heavy atom. The van der Waals surface area contributed by atoms with E-state index >= 15 is 0 Å². The summed E-state index contributed by atoms with van der Waals surface area (Å²) in [6.45, 7) is 8.21. The van der Waals surface area contributed by atoms with Gasteiger partial charge in [0.2, 0.25) is 0 Å². The minimum Gasteiger partial charge on any atom is -0.334 e. The molecule has 0 bridgehead atoms. The van der Waals surface area contributed by atoms with E-state index in [1.54, 1.807) is 0 Å². The second-order valence-electron chi connectivity index (χ2n) is 5.80. The molecule has 0 saturated heterocycles. The minimum absolute atomic E-state index is 0.0935. The molecule has 1 aromatic heterocycles. The molecule has 0 aliphatic heterocycles. The lowest BCUT2D eigenvalue weighted by Crippen LogP contribution is -3.11. The smallest absolute Gasteiger partial charge is 0.275 e. The molecule has 0 atom stereocenters. The average molecular weight is 310 g/mol. The maximum atomic E-state index is 12.8. The maximum Gasteiger partial charge on any atom is 0.275 e. The first-order valence-electron chi connectivity index (χ1n) is 8.35. The van der Waals surface area contributed by atoms with Crippen LogP contribution in [0.5, 0.6) is 0 Å². The van der Waals surface area contributed by atoms with Gasteiger partial charge in [-0.1, -0.05) is 30.3 Å². The lowest BCUT2D eigenvalue weighted by Gasteiger charge is -2.17. The molecule has 23 heavy (non-hydrogen) atoms. The number of rotatable bonds is 6. The average Bonchev–Trinajstić information content (AvgIpc) is 2.89. The van der Waals surface area contributed by atoms with Gasteiger partial charge in [-0.2, -0.15) is 0 Å². The van der Waals surface area contributed by atoms with Crippen molar-refractivity contribution < 1.29 is 4.90 Å². The third kappa shape index (κ3) is 2.94. The molecule has 1 heterocycles. The number of benzene rings is 2. The summed E-state index contributed by atoms with van der Waals surface area (Å²) in [4.78, 5) is 14.3. The van der Waals surface area contributed by atoms with E-state index in [2.05, 4.69) is 18.5 Å². The first-order chi connectivity index (χ1) is 11.3. The highest BCUT2D eigenvalue weighted by Crippen LogP contribution is 2.16. The minimum atomic E-state index is 0.0935. The molecule has 3 rings (SSSR count). The van der Waals surface area contributed by atoms with E-state index in [4.69, 9.17) is 0 Å². The van der Waals surface area contributed by atoms with Gasteiger partial charge in [0.1, 0.15) is 0 Å². The number of para-hydroxylation sites is 2. The molecular formula is C19H24N3O+. The van der Waals surface area contributed by atoms with Crippen LogP contribution in [0, 0.1) is 0 Å². The number of quaternary nitrogens is 1. The quantitative estimate of drug-likeness (QED) is 0.738. The van der Waals surface area contributed by atoms with Crippen LogP contribution in [-0.4, -0.2) is 29.0 Å². The first-order valence-corrected chi connectivity index (χ1v) is 8.35. The van der Waals surface area contributed by atoms with Gasteiger partial charge < -0.3 is 4.90 Å². The summed E-state index contributed by atoms with van der Waals surface area (Å²) in [5, 5.41) is 0.783. The molecule has 1 N–H and O–H groups in total. The van der Waals surface area contributed by atoms with Crippen molar-refractivity contribution in [1.29, 1.82) is 0 Å². The van der Waals surface area contributed by atoms with E-state index in [1.165, 1.54) is 4.90 Å². The topological polar surface area (TPSA) is 31.4 Å². The standard InChI is InChI=1S/C19H23N3O/c1-3-20(4-2)14-15-21-19(23)17-12-8-9-13-18(17)22(21)16-10-6-5-7-11-16/h5-13H,3-4,14-15H2,1-2H3/p+1. The zero-order valence-electron chi connectivity index (χ0n) is 13.8. The zero-order chi connectivity index (χ0) is 16.2. The second kappa shape index (κ2) is 6.84. The van der Waals surface area contributed by atoms with Gasteiger partial charge in [-0.05, 0) is 38.1 Å². The number of aromatic nitrogens is 2. The molecule has 0 aliphatic rings. The molecule has 120 valence electrons. The van der Waals surface area contributed by atoms with E-state index in [0.29, 0.717) is 0 Å². The van der Waals surface area contributed by atoms with Crippen molar-refractivity contribution in [3.8, 4) is 5.69 Å². The van der Waals surface area contributed by atoms with E-state index in [9.17, 15) is 4.79 Å². The summed E-state index contributed by atoms with van der Waals surface area (Å²) in [6.07, 6.45) is 0. The molecule has 0 spiro atoms. The van der Waals surface area contributed by atoms with Gasteiger partial charge in [0.05, 0.1) is 42.8 Å². The molecule has 0 aliphatic carbocycles. The Morgan fingerprint density at radius 3 is 2.26 bits per heavy atom. The Labute approximate surface area is 136 Å². The van der Waals surface area contributed by atoms with Crippen LogP contribution in [0.15, 0.2) is 59.4 Å². The monoisotopic (exact) mass is 310 g/mol. The third-order valence-corrected chi connectivity index (χ3v) is 4.52. The molecule has 0 amide bonds. The summed E-state index contributed by atoms with van der Waals surface area (Å²) < 4.78 is 3.94. The molecule has 4 nitrogen and oxygen atoms in total. The van der Waals surface area contributed by atoms with Gasteiger partial charge in [0.25, 0.3) is 5.56 Å². The summed E-state index contributed by atoms with van der Waals surface area (Å²) >= 11 is 0. The second-order valence-corrected chi connectivity index (χ2v) is 5.80. The predicted molar refractivity (Wildman–Crippen MR) is 94.4 cm³/mol. The van der Waals surface area contributed by atoms with Crippen molar-refractivity contribution in [3.05, 3.63) is 65.0 Å². The summed E-state index contributed by atoms with van der Waals surface area (Å²) in [5.41, 5.74) is 2.09. The van der Waals surface area contributed by atoms with Crippen molar-refractivity contribution in [2.45, 2.75) is 20.4 Å². The molecule has 0 fully saturated rings. The molecule has 0 unspecified atom stereocenters. The molecule has 3 aromatic rings. The fraction of sp³-hybridized carbons (Fsp3) is 0.316. The van der Waals surface area contributed by atoms with Crippen LogP contribution in [-0.2, 0) is 6.54 Å². The highest BCUT2D eigenvalue weighted by molar-refractivity contribution is 5.80. The van der Waals surface area contributed by atoms with Crippen LogP contribution in [0.3, 0.4) is 0 Å². The fourth-order valence-electron chi connectivity index (χ4n) is 3.12. The fourth-order valence-corrected chi connectivity index (χ4v) is 3.12. The number of likely N-dealkylation sites (N-methyl/N-ethyl adjacent to an activating group) is 1. The van der Waals surface area contributed by atoms with Crippen LogP contribution in [0.2, 0.25) is 0 Å². The molecule has 2 aromatic carbocycles. The Kier molecular flexibility index (Phi) is 4.63. The van der Waals surface area contributed by atoms with E-state index in [0.717, 1.165) is 42.8 Å². The van der Waals surface area contributed by atoms with Crippen molar-refractivity contribution >= 4 is 10.9 Å². The highest BCUT2D eigenvalue weighted by atomic mass is 16.1. The van der Waals surface area contributed by atoms with E-state index < -0.39 is 0 Å². The molecule has 0 saturated carbocycles. The lowest BCUT2D eigenvalue weighted by atomic mass is 10.2. The largest absolute Gasteiger partial charge is 0.334 e. The van der Waals surface area contributed by atoms with Gasteiger partial charge in [0, 0.05) is 0 Å². The Hall–Kier alpha value is -2.33. The number of hydrogen-bond donors (Lipinski definition) is 1. The van der Waals surface area contributed by atoms with E-state index in [1.807, 2.05) is 59.3 Å². The maximum absolute atomic E-state index is 12.8. The number of fused-ring (bicyclic) bond motifs is 1. The number of nitrogens with one attached hydrogen (secondary N) is 1. The van der Waals surface area contributed by atoms with Crippen LogP contribution in [0.25, 0.3) is 16.6 Å². The van der Waals surface area contributed by atoms with Gasteiger partial charge in [-0.3, -0.25) is 4.79 Å². The molecule has 4 heteroatoms. The van der Waals surface area contributed by atoms with Crippen LogP contribution in [0.4, 0.5) is 0 Å². The van der Waals surface area contributed by atoms with Gasteiger partial charge >= 0.3 is 0 Å². The Bertz CT molecular complexity index is 829. The van der Waals surface area contributed by atoms with Crippen molar-refractivity contribution in [2.75, 3.05) is 19.6 Å². The predicted octanol–water partition coefficient (Wildman–Crippen LogP) is 1.72. The van der Waals surface area contributed by atoms with Crippen molar-refractivity contribution in [3.63, 3.8) is 0 Å². The van der Waals surface area contributed by atoms with Gasteiger partial charge in [-0.25, -0.2) is 9.36 Å². The Morgan fingerprint density at radius 1 is 0.913 bits per heavy atom. The van der Waals surface area contributed by atoms with Crippen LogP contribution < -0.4 is 10.5 Å². The summed E-state index contributed by atoms with van der Waals surface area (Å²) in [5.74, 6) is 0. The molecule has 0 radical (unpaired) electrons. The zero-order valence-corrected chi connectivity index (χ0v) is 13.8. The SMILES string of the molecule is CC[NH+](CC)CCn1c(=O)c2ccccc2n1-c1ccccc1. The highest BCUT2D eigenvalue weighted by Gasteiger charge is 2.15. The third-order valence-electron chi connectivity index (χ3n) is 4.52. The number of hydrogen-bond acceptors (Lipinski definition) is 1. The number of nitrogens with zero attached hydrogens (tertiary/aromatic N) is 2. The van der Waals surface area contributed by atoms with Crippen LogP contribution >= 0.6 is 0 Å². The van der Waals surface area contributed by atoms with E-state index in [-0.39, 0.29) is 5.56 Å². The lowest BCUT2D eigenvalue weighted by molar-refractivity contribution is -0.897. The normalized spacial score (nSPS) is 11.4. The van der Waals surface area contributed by atoms with Crippen molar-refractivity contribution in [1.82, 2.24) is 9.36 Å². The van der Waals surface area contributed by atoms with Gasteiger partial charge in [0.15, 0.2) is 0 Å². The van der Waals surface area contributed by atoms with Crippen LogP contribution in [0.1, 0.15) is 13.8 Å². The Balaban J connectivity index is 2.12. The first kappa shape index (κ1) is 15.6. The van der Waals surface area contributed by atoms with Crippen molar-refractivity contribution in [2.24, 2.45) is 0 Å². The van der Waals surface area contributed by atoms with Gasteiger partial charge in [-0.15, -0.1) is 0 Å². The summed E-state index contributed by atoms with van der Waals surface area (Å²) in [7, 11) is 0.